The second kappa shape index (κ2) is 17.3. The van der Waals surface area contributed by atoms with Gasteiger partial charge in [-0.1, -0.05) is 64.1 Å². The number of nitrogens with zero attached hydrogens (tertiary/aromatic N) is 4. The molecule has 2 aromatic heterocycles. The summed E-state index contributed by atoms with van der Waals surface area (Å²) in [6.45, 7) is 9.84. The highest BCUT2D eigenvalue weighted by Crippen LogP contribution is 2.46. The number of benzene rings is 2. The van der Waals surface area contributed by atoms with E-state index in [1.807, 2.05) is 49.9 Å². The molecule has 3 saturated heterocycles. The van der Waals surface area contributed by atoms with Crippen LogP contribution in [-0.4, -0.2) is 112 Å². The highest BCUT2D eigenvalue weighted by Gasteiger charge is 2.45. The molecule has 1 aliphatic carbocycles. The Hall–Kier alpha value is -5.74. The average Bonchev–Trinajstić information content (AvgIpc) is 4.12. The lowest BCUT2D eigenvalue weighted by Gasteiger charge is -2.30. The number of H-pyrrole nitrogens is 2. The second-order valence-electron chi connectivity index (χ2n) is 17.1. The zero-order valence-corrected chi connectivity index (χ0v) is 35.7. The molecule has 4 N–H and O–H groups in total. The Morgan fingerprint density at radius 1 is 0.689 bits per heavy atom. The Morgan fingerprint density at radius 2 is 1.15 bits per heavy atom. The quantitative estimate of drug-likeness (QED) is 0.138. The number of hydrogen-bond donors (Lipinski definition) is 4. The van der Waals surface area contributed by atoms with Crippen LogP contribution in [0.2, 0.25) is 0 Å². The average molecular weight is 837 g/mol. The maximum absolute atomic E-state index is 13.8. The van der Waals surface area contributed by atoms with Gasteiger partial charge in [0, 0.05) is 31.5 Å². The third kappa shape index (κ3) is 8.22. The van der Waals surface area contributed by atoms with Crippen molar-refractivity contribution in [3.63, 3.8) is 0 Å². The first kappa shape index (κ1) is 42.0. The minimum atomic E-state index is -0.727. The largest absolute Gasteiger partial charge is 0.453 e. The van der Waals surface area contributed by atoms with Gasteiger partial charge in [0.25, 0.3) is 0 Å². The highest BCUT2D eigenvalue weighted by molar-refractivity contribution is 5.87. The smallest absolute Gasteiger partial charge is 0.407 e. The van der Waals surface area contributed by atoms with E-state index in [9.17, 15) is 19.2 Å². The molecule has 4 aromatic rings. The molecular weight excluding hydrogens is 781 g/mol. The first-order valence-corrected chi connectivity index (χ1v) is 21.3. The number of carbonyl (C=O) groups is 4. The van der Waals surface area contributed by atoms with E-state index in [0.717, 1.165) is 70.5 Å². The normalized spacial score (nSPS) is 20.3. The summed E-state index contributed by atoms with van der Waals surface area (Å²) in [4.78, 5) is 71.8. The summed E-state index contributed by atoms with van der Waals surface area (Å²) in [5.74, 6) is 0.151. The molecule has 4 amide bonds. The molecule has 0 saturated carbocycles. The molecule has 61 heavy (non-hydrogen) atoms. The van der Waals surface area contributed by atoms with Crippen LogP contribution in [0.15, 0.2) is 48.8 Å². The van der Waals surface area contributed by atoms with Gasteiger partial charge in [0.05, 0.1) is 63.3 Å². The number of fused-ring (bicyclic) bond motifs is 1. The third-order valence-corrected chi connectivity index (χ3v) is 12.6. The number of rotatable bonds is 11. The number of alkyl carbamates (subject to hydrolysis) is 2. The maximum atomic E-state index is 13.8. The highest BCUT2D eigenvalue weighted by atomic mass is 16.7. The number of likely N-dealkylation sites (tertiary alicyclic amines) is 2. The van der Waals surface area contributed by atoms with Crippen LogP contribution in [0.1, 0.15) is 88.2 Å². The van der Waals surface area contributed by atoms with Crippen molar-refractivity contribution in [3.8, 4) is 33.6 Å². The number of carbonyl (C=O) groups excluding carboxylic acids is 4. The molecule has 0 radical (unpaired) electrons. The summed E-state index contributed by atoms with van der Waals surface area (Å²) in [7, 11) is 2.58. The van der Waals surface area contributed by atoms with Gasteiger partial charge in [0.15, 0.2) is 5.79 Å². The second-order valence-corrected chi connectivity index (χ2v) is 17.1. The van der Waals surface area contributed by atoms with Crippen LogP contribution < -0.4 is 10.6 Å². The van der Waals surface area contributed by atoms with Crippen molar-refractivity contribution in [2.75, 3.05) is 40.5 Å². The van der Waals surface area contributed by atoms with Crippen molar-refractivity contribution in [1.29, 1.82) is 0 Å². The first-order valence-electron chi connectivity index (χ1n) is 21.3. The standard InChI is InChI=1S/C45H56N8O8/c1-25(2)37(50-43(56)58-5)41(54)52-17-7-9-35(52)39-46-23-33(48-39)28-13-11-27(12-14-28)29-15-16-30(32-22-45(21-31(29)32)60-19-20-61-45)34-24-47-40(49-34)36-10-8-18-53(36)42(55)38(26(3)4)51-44(57)59-6/h11-16,23-26,35-38H,7-10,17-22H2,1-6H3,(H,46,48)(H,47,49)(H,50,56)(H,51,57)/t35-,36-,37-,38-/m0/s1. The summed E-state index contributed by atoms with van der Waals surface area (Å²) >= 11 is 0. The van der Waals surface area contributed by atoms with Crippen molar-refractivity contribution in [3.05, 3.63) is 71.6 Å². The van der Waals surface area contributed by atoms with Gasteiger partial charge in [-0.15, -0.1) is 0 Å². The number of aromatic amines is 2. The number of aromatic nitrogens is 4. The van der Waals surface area contributed by atoms with Crippen LogP contribution in [-0.2, 0) is 41.4 Å². The van der Waals surface area contributed by atoms with Crippen molar-refractivity contribution < 1.29 is 38.1 Å². The summed E-state index contributed by atoms with van der Waals surface area (Å²) in [6.07, 6.45) is 6.78. The summed E-state index contributed by atoms with van der Waals surface area (Å²) in [5.41, 5.74) is 8.11. The van der Waals surface area contributed by atoms with Crippen LogP contribution in [0.25, 0.3) is 33.6 Å². The van der Waals surface area contributed by atoms with E-state index in [4.69, 9.17) is 28.9 Å². The van der Waals surface area contributed by atoms with Crippen molar-refractivity contribution in [1.82, 2.24) is 40.4 Å². The molecule has 3 fully saturated rings. The topological polar surface area (TPSA) is 193 Å². The van der Waals surface area contributed by atoms with Gasteiger partial charge in [-0.2, -0.15) is 0 Å². The lowest BCUT2D eigenvalue weighted by molar-refractivity contribution is -0.147. The monoisotopic (exact) mass is 836 g/mol. The lowest BCUT2D eigenvalue weighted by Crippen LogP contribution is -2.51. The van der Waals surface area contributed by atoms with E-state index in [1.165, 1.54) is 14.2 Å². The van der Waals surface area contributed by atoms with Crippen LogP contribution in [0.4, 0.5) is 9.59 Å². The van der Waals surface area contributed by atoms with Crippen molar-refractivity contribution >= 4 is 24.0 Å². The number of amides is 4. The van der Waals surface area contributed by atoms with E-state index in [-0.39, 0.29) is 35.7 Å². The number of imidazole rings is 2. The van der Waals surface area contributed by atoms with Crippen molar-refractivity contribution in [2.24, 2.45) is 11.8 Å². The van der Waals surface area contributed by atoms with Gasteiger partial charge >= 0.3 is 12.2 Å². The zero-order valence-electron chi connectivity index (χ0n) is 35.7. The number of nitrogens with one attached hydrogen (secondary N) is 4. The molecule has 1 spiro atoms. The van der Waals surface area contributed by atoms with E-state index >= 15 is 0 Å². The SMILES string of the molecule is COC(=O)N[C@H](C(=O)N1CCC[C@H]1c1ncc(-c2ccc(-c3ccc(-c4cnc([C@@H]5CCCN5C(=O)[C@@H](NC(=O)OC)C(C)C)[nH]4)c4c3CC3(C4)OCCO3)cc2)[nH]1)C(C)C. The molecule has 3 aliphatic heterocycles. The Bertz CT molecular complexity index is 2260. The summed E-state index contributed by atoms with van der Waals surface area (Å²) in [6, 6.07) is 10.8. The minimum absolute atomic E-state index is 0.118. The Kier molecular flexibility index (Phi) is 11.9. The fraction of sp³-hybridized carbons (Fsp3) is 0.511. The maximum Gasteiger partial charge on any atom is 0.407 e. The Balaban J connectivity index is 1.03. The third-order valence-electron chi connectivity index (χ3n) is 12.6. The van der Waals surface area contributed by atoms with Crippen LogP contribution in [0.5, 0.6) is 0 Å². The van der Waals surface area contributed by atoms with Gasteiger partial charge in [0.1, 0.15) is 23.7 Å². The predicted molar refractivity (Wildman–Crippen MR) is 225 cm³/mol. The van der Waals surface area contributed by atoms with E-state index in [0.29, 0.717) is 50.8 Å². The Morgan fingerprint density at radius 3 is 1.66 bits per heavy atom. The predicted octanol–water partition coefficient (Wildman–Crippen LogP) is 6.06. The minimum Gasteiger partial charge on any atom is -0.453 e. The molecule has 16 nitrogen and oxygen atoms in total. The van der Waals surface area contributed by atoms with E-state index in [1.54, 1.807) is 0 Å². The fourth-order valence-corrected chi connectivity index (χ4v) is 9.43. The molecular formula is C45H56N8O8. The van der Waals surface area contributed by atoms with Crippen LogP contribution in [0.3, 0.4) is 0 Å². The van der Waals surface area contributed by atoms with Crippen LogP contribution >= 0.6 is 0 Å². The summed E-state index contributed by atoms with van der Waals surface area (Å²) < 4.78 is 22.1. The fourth-order valence-electron chi connectivity index (χ4n) is 9.43. The zero-order chi connectivity index (χ0) is 43.0. The van der Waals surface area contributed by atoms with Gasteiger partial charge in [-0.05, 0) is 65.3 Å². The molecule has 0 bridgehead atoms. The molecule has 5 heterocycles. The van der Waals surface area contributed by atoms with E-state index in [2.05, 4.69) is 57.0 Å². The Labute approximate surface area is 355 Å². The lowest BCUT2D eigenvalue weighted by atomic mass is 9.92. The van der Waals surface area contributed by atoms with E-state index < -0.39 is 30.1 Å². The molecule has 4 aliphatic rings. The van der Waals surface area contributed by atoms with Gasteiger partial charge < -0.3 is 49.3 Å². The number of ether oxygens (including phenoxy) is 4. The summed E-state index contributed by atoms with van der Waals surface area (Å²) in [5, 5.41) is 5.43. The van der Waals surface area contributed by atoms with Gasteiger partial charge in [-0.3, -0.25) is 9.59 Å². The van der Waals surface area contributed by atoms with Crippen molar-refractivity contribution in [2.45, 2.75) is 96.2 Å². The molecule has 8 rings (SSSR count). The molecule has 2 aromatic carbocycles. The molecule has 16 heteroatoms. The van der Waals surface area contributed by atoms with Gasteiger partial charge in [-0.25, -0.2) is 19.6 Å². The van der Waals surface area contributed by atoms with Crippen LogP contribution in [0, 0.1) is 11.8 Å². The number of hydrogen-bond acceptors (Lipinski definition) is 10. The molecule has 324 valence electrons. The molecule has 0 unspecified atom stereocenters. The number of methoxy groups -OCH3 is 2. The molecule has 4 atom stereocenters. The first-order chi connectivity index (χ1) is 29.4. The van der Waals surface area contributed by atoms with Gasteiger partial charge in [0.2, 0.25) is 11.8 Å².